The lowest BCUT2D eigenvalue weighted by atomic mass is 9.88. The highest BCUT2D eigenvalue weighted by Gasteiger charge is 2.35. The molecule has 0 radical (unpaired) electrons. The molecule has 0 aliphatic carbocycles. The third-order valence-electron chi connectivity index (χ3n) is 6.20. The van der Waals surface area contributed by atoms with Gasteiger partial charge in [-0.25, -0.2) is 9.78 Å². The van der Waals surface area contributed by atoms with Crippen LogP contribution in [0.4, 0.5) is 0 Å². The molecule has 2 N–H and O–H groups in total. The van der Waals surface area contributed by atoms with Crippen LogP contribution in [0, 0.1) is 5.92 Å². The number of cyclic esters (lactones) is 1. The van der Waals surface area contributed by atoms with Gasteiger partial charge in [0.05, 0.1) is 7.11 Å². The number of hydrogen-bond donors (Lipinski definition) is 2. The van der Waals surface area contributed by atoms with E-state index in [1.165, 1.54) is 19.4 Å². The summed E-state index contributed by atoms with van der Waals surface area (Å²) < 4.78 is 17.2. The topological polar surface area (TPSA) is 107 Å². The van der Waals surface area contributed by atoms with E-state index in [0.717, 1.165) is 31.4 Å². The maximum absolute atomic E-state index is 13.0. The Hall–Kier alpha value is -3.29. The molecule has 1 fully saturated rings. The van der Waals surface area contributed by atoms with Gasteiger partial charge in [0.15, 0.2) is 17.2 Å². The van der Waals surface area contributed by atoms with Gasteiger partial charge in [-0.1, -0.05) is 38.0 Å². The normalized spacial score (nSPS) is 23.1. The number of pyridine rings is 1. The van der Waals surface area contributed by atoms with E-state index in [4.69, 9.17) is 14.2 Å². The molecule has 0 spiro atoms. The largest absolute Gasteiger partial charge is 0.503 e. The number of nitrogens with zero attached hydrogens (tertiary/aromatic N) is 1. The number of carbonyl (C=O) groups excluding carboxylic acids is 2. The second kappa shape index (κ2) is 12.3. The zero-order valence-electron chi connectivity index (χ0n) is 20.0. The van der Waals surface area contributed by atoms with Crippen molar-refractivity contribution < 1.29 is 28.9 Å². The van der Waals surface area contributed by atoms with Crippen LogP contribution in [0.1, 0.15) is 62.9 Å². The number of carbonyl (C=O) groups is 2. The number of hydrogen-bond acceptors (Lipinski definition) is 7. The van der Waals surface area contributed by atoms with Gasteiger partial charge in [0.25, 0.3) is 5.91 Å². The first kappa shape index (κ1) is 25.3. The summed E-state index contributed by atoms with van der Waals surface area (Å²) in [4.78, 5) is 29.8. The summed E-state index contributed by atoms with van der Waals surface area (Å²) in [5.41, 5.74) is -0.203. The van der Waals surface area contributed by atoms with Crippen molar-refractivity contribution >= 4 is 11.9 Å². The highest BCUT2D eigenvalue weighted by atomic mass is 16.5. The molecule has 1 aliphatic rings. The van der Waals surface area contributed by atoms with Crippen LogP contribution in [0.2, 0.25) is 0 Å². The van der Waals surface area contributed by atoms with Crippen LogP contribution in [-0.4, -0.2) is 47.3 Å². The van der Waals surface area contributed by atoms with Gasteiger partial charge >= 0.3 is 5.97 Å². The van der Waals surface area contributed by atoms with Crippen molar-refractivity contribution in [2.45, 2.75) is 70.6 Å². The fourth-order valence-electron chi connectivity index (χ4n) is 4.32. The Morgan fingerprint density at radius 1 is 1.24 bits per heavy atom. The molecule has 1 saturated heterocycles. The van der Waals surface area contributed by atoms with E-state index in [0.29, 0.717) is 12.8 Å². The van der Waals surface area contributed by atoms with E-state index in [9.17, 15) is 14.7 Å². The van der Waals surface area contributed by atoms with Gasteiger partial charge in [-0.05, 0) is 44.7 Å². The van der Waals surface area contributed by atoms with Crippen molar-refractivity contribution in [3.8, 4) is 17.2 Å². The standard InChI is InChI=1S/C26H34N2O6/c1-4-5-12-19-17(2)33-26(31)20(13-9-14-21(19)34-18-10-7-6-8-11-18)28-25(30)23-24(29)22(32-3)15-16-27-23/h6-8,10-11,15-17,19-21,29H,4-5,9,12-14H2,1-3H3,(H,28,30)/t17-,19-,20-,21-/m0/s1. The van der Waals surface area contributed by atoms with Gasteiger partial charge in [0, 0.05) is 18.2 Å². The molecule has 34 heavy (non-hydrogen) atoms. The maximum atomic E-state index is 13.0. The minimum atomic E-state index is -0.857. The molecule has 8 nitrogen and oxygen atoms in total. The second-order valence-electron chi connectivity index (χ2n) is 8.58. The number of nitrogens with one attached hydrogen (secondary N) is 1. The maximum Gasteiger partial charge on any atom is 0.328 e. The van der Waals surface area contributed by atoms with E-state index in [2.05, 4.69) is 17.2 Å². The van der Waals surface area contributed by atoms with Gasteiger partial charge in [-0.2, -0.15) is 0 Å². The second-order valence-corrected chi connectivity index (χ2v) is 8.58. The van der Waals surface area contributed by atoms with E-state index >= 15 is 0 Å². The molecule has 8 heteroatoms. The number of benzene rings is 1. The zero-order chi connectivity index (χ0) is 24.5. The fraction of sp³-hybridized carbons (Fsp3) is 0.500. The van der Waals surface area contributed by atoms with E-state index in [1.54, 1.807) is 0 Å². The summed E-state index contributed by atoms with van der Waals surface area (Å²) in [6.07, 6.45) is 5.54. The number of aromatic hydroxyl groups is 1. The van der Waals surface area contributed by atoms with Crippen molar-refractivity contribution in [1.82, 2.24) is 10.3 Å². The number of aromatic nitrogens is 1. The first-order chi connectivity index (χ1) is 16.4. The number of rotatable bonds is 8. The van der Waals surface area contributed by atoms with Gasteiger partial charge < -0.3 is 24.6 Å². The number of unbranched alkanes of at least 4 members (excludes halogenated alkanes) is 1. The quantitative estimate of drug-likeness (QED) is 0.555. The first-order valence-corrected chi connectivity index (χ1v) is 11.9. The molecule has 1 aromatic carbocycles. The molecule has 4 atom stereocenters. The van der Waals surface area contributed by atoms with Gasteiger partial charge in [0.1, 0.15) is 24.0 Å². The fourth-order valence-corrected chi connectivity index (χ4v) is 4.32. The van der Waals surface area contributed by atoms with E-state index in [1.807, 2.05) is 37.3 Å². The Bertz CT molecular complexity index is 952. The highest BCUT2D eigenvalue weighted by Crippen LogP contribution is 2.30. The number of esters is 1. The molecule has 1 aromatic heterocycles. The van der Waals surface area contributed by atoms with Crippen LogP contribution in [-0.2, 0) is 9.53 Å². The highest BCUT2D eigenvalue weighted by molar-refractivity contribution is 5.97. The molecule has 0 unspecified atom stereocenters. The zero-order valence-corrected chi connectivity index (χ0v) is 20.0. The molecule has 2 heterocycles. The van der Waals surface area contributed by atoms with Gasteiger partial charge in [-0.3, -0.25) is 4.79 Å². The Morgan fingerprint density at radius 3 is 2.71 bits per heavy atom. The Balaban J connectivity index is 1.76. The third-order valence-corrected chi connectivity index (χ3v) is 6.20. The molecule has 0 bridgehead atoms. The Morgan fingerprint density at radius 2 is 2.00 bits per heavy atom. The van der Waals surface area contributed by atoms with Gasteiger partial charge in [0.2, 0.25) is 0 Å². The summed E-state index contributed by atoms with van der Waals surface area (Å²) >= 11 is 0. The summed E-state index contributed by atoms with van der Waals surface area (Å²) in [5, 5.41) is 12.9. The van der Waals surface area contributed by atoms with E-state index in [-0.39, 0.29) is 35.3 Å². The number of ether oxygens (including phenoxy) is 3. The number of methoxy groups -OCH3 is 1. The lowest BCUT2D eigenvalue weighted by molar-refractivity contribution is -0.154. The molecule has 1 aliphatic heterocycles. The minimum absolute atomic E-state index is 0.0302. The van der Waals surface area contributed by atoms with Crippen LogP contribution < -0.4 is 14.8 Å². The predicted octanol–water partition coefficient (Wildman–Crippen LogP) is 4.26. The van der Waals surface area contributed by atoms with Crippen LogP contribution in [0.3, 0.4) is 0 Å². The molecular weight excluding hydrogens is 436 g/mol. The van der Waals surface area contributed by atoms with Crippen molar-refractivity contribution in [1.29, 1.82) is 0 Å². The SMILES string of the molecule is CCCC[C@H]1[C@H](C)OC(=O)[C@@H](NC(=O)c2nccc(OC)c2O)CCC[C@@H]1Oc1ccccc1. The van der Waals surface area contributed by atoms with Crippen molar-refractivity contribution in [2.24, 2.45) is 5.92 Å². The summed E-state index contributed by atoms with van der Waals surface area (Å²) in [6, 6.07) is 10.3. The van der Waals surface area contributed by atoms with Crippen LogP contribution in [0.25, 0.3) is 0 Å². The van der Waals surface area contributed by atoms with E-state index < -0.39 is 17.9 Å². The third kappa shape index (κ3) is 6.40. The smallest absolute Gasteiger partial charge is 0.328 e. The van der Waals surface area contributed by atoms with Crippen molar-refractivity contribution in [3.63, 3.8) is 0 Å². The molecule has 0 saturated carbocycles. The van der Waals surface area contributed by atoms with Crippen LogP contribution in [0.15, 0.2) is 42.6 Å². The van der Waals surface area contributed by atoms with Crippen molar-refractivity contribution in [3.05, 3.63) is 48.3 Å². The molecule has 184 valence electrons. The Kier molecular flexibility index (Phi) is 9.13. The number of amides is 1. The number of para-hydroxylation sites is 1. The molecular formula is C26H34N2O6. The van der Waals surface area contributed by atoms with Gasteiger partial charge in [-0.15, -0.1) is 0 Å². The molecule has 1 amide bonds. The average molecular weight is 471 g/mol. The van der Waals surface area contributed by atoms with Crippen LogP contribution in [0.5, 0.6) is 17.2 Å². The first-order valence-electron chi connectivity index (χ1n) is 11.9. The summed E-state index contributed by atoms with van der Waals surface area (Å²) in [7, 11) is 1.39. The molecule has 2 aromatic rings. The van der Waals surface area contributed by atoms with Crippen molar-refractivity contribution in [2.75, 3.05) is 7.11 Å². The van der Waals surface area contributed by atoms with Crippen LogP contribution >= 0.6 is 0 Å². The lowest BCUT2D eigenvalue weighted by Crippen LogP contribution is -2.43. The Labute approximate surface area is 200 Å². The molecule has 3 rings (SSSR count). The summed E-state index contributed by atoms with van der Waals surface area (Å²) in [6.45, 7) is 4.02. The average Bonchev–Trinajstić information content (AvgIpc) is 2.88. The lowest BCUT2D eigenvalue weighted by Gasteiger charge is -2.31. The monoisotopic (exact) mass is 470 g/mol. The minimum Gasteiger partial charge on any atom is -0.503 e. The summed E-state index contributed by atoms with van der Waals surface area (Å²) in [5.74, 6) is -0.581. The predicted molar refractivity (Wildman–Crippen MR) is 127 cm³/mol.